The van der Waals surface area contributed by atoms with Gasteiger partial charge in [-0.15, -0.1) is 0 Å². The van der Waals surface area contributed by atoms with Crippen LogP contribution in [0.2, 0.25) is 0 Å². The molecule has 98 valence electrons. The monoisotopic (exact) mass is 255 g/mol. The number of carbonyl (C=O) groups is 1. The van der Waals surface area contributed by atoms with Gasteiger partial charge < -0.3 is 5.73 Å². The molecule has 2 amide bonds. The van der Waals surface area contributed by atoms with Gasteiger partial charge in [0.1, 0.15) is 6.17 Å². The molecule has 2 rings (SSSR count). The smallest absolute Gasteiger partial charge is 0.319 e. The number of anilines is 1. The summed E-state index contributed by atoms with van der Waals surface area (Å²) in [7, 11) is 0. The van der Waals surface area contributed by atoms with E-state index in [1.54, 1.807) is 12.1 Å². The highest BCUT2D eigenvalue weighted by Crippen LogP contribution is 2.30. The molecule has 2 N–H and O–H groups in total. The molecule has 0 radical (unpaired) electrons. The van der Waals surface area contributed by atoms with Crippen molar-refractivity contribution in [2.75, 3.05) is 4.90 Å². The van der Waals surface area contributed by atoms with E-state index in [0.717, 1.165) is 4.90 Å². The molecule has 18 heavy (non-hydrogen) atoms. The van der Waals surface area contributed by atoms with Crippen molar-refractivity contribution >= 4 is 11.7 Å². The molecule has 3 unspecified atom stereocenters. The van der Waals surface area contributed by atoms with Crippen molar-refractivity contribution in [2.45, 2.75) is 37.6 Å². The molecular weight excluding hydrogens is 240 g/mol. The van der Waals surface area contributed by atoms with Gasteiger partial charge in [0, 0.05) is 18.1 Å². The molecule has 6 heteroatoms. The quantitative estimate of drug-likeness (QED) is 0.880. The highest BCUT2D eigenvalue weighted by atomic mass is 19.2. The van der Waals surface area contributed by atoms with Crippen molar-refractivity contribution in [1.82, 2.24) is 4.98 Å². The van der Waals surface area contributed by atoms with E-state index in [4.69, 9.17) is 5.73 Å². The number of rotatable bonds is 2. The van der Waals surface area contributed by atoms with Gasteiger partial charge in [-0.2, -0.15) is 0 Å². The summed E-state index contributed by atoms with van der Waals surface area (Å²) in [5, 5.41) is 0. The third kappa shape index (κ3) is 2.42. The average Bonchev–Trinajstić information content (AvgIpc) is 2.36. The van der Waals surface area contributed by atoms with Crippen LogP contribution in [0.25, 0.3) is 0 Å². The van der Waals surface area contributed by atoms with E-state index in [1.165, 1.54) is 12.4 Å². The molecule has 0 saturated heterocycles. The van der Waals surface area contributed by atoms with E-state index in [9.17, 15) is 13.6 Å². The van der Waals surface area contributed by atoms with Crippen LogP contribution in [-0.2, 0) is 0 Å². The number of aromatic nitrogens is 1. The van der Waals surface area contributed by atoms with Crippen molar-refractivity contribution in [3.8, 4) is 0 Å². The third-order valence-corrected chi connectivity index (χ3v) is 3.20. The molecule has 3 atom stereocenters. The van der Waals surface area contributed by atoms with E-state index in [2.05, 4.69) is 4.98 Å². The number of carbonyl (C=O) groups excluding carboxylic acids is 1. The van der Waals surface area contributed by atoms with Gasteiger partial charge >= 0.3 is 6.03 Å². The number of hydrogen-bond acceptors (Lipinski definition) is 2. The molecule has 1 aromatic rings. The first-order valence-corrected chi connectivity index (χ1v) is 5.88. The molecule has 0 bridgehead atoms. The molecule has 1 fully saturated rings. The summed E-state index contributed by atoms with van der Waals surface area (Å²) < 4.78 is 27.3. The van der Waals surface area contributed by atoms with Gasteiger partial charge in [0.25, 0.3) is 0 Å². The van der Waals surface area contributed by atoms with Gasteiger partial charge in [-0.25, -0.2) is 13.6 Å². The number of alkyl halides is 2. The Labute approximate surface area is 104 Å². The van der Waals surface area contributed by atoms with Gasteiger partial charge in [-0.3, -0.25) is 9.88 Å². The van der Waals surface area contributed by atoms with Crippen molar-refractivity contribution in [3.63, 3.8) is 0 Å². The second-order valence-electron chi connectivity index (χ2n) is 4.37. The Morgan fingerprint density at radius 3 is 2.61 bits per heavy atom. The number of hydrogen-bond donors (Lipinski definition) is 1. The molecular formula is C12H15F2N3O. The fraction of sp³-hybridized carbons (Fsp3) is 0.500. The maximum Gasteiger partial charge on any atom is 0.319 e. The van der Waals surface area contributed by atoms with E-state index in [0.29, 0.717) is 18.5 Å². The van der Waals surface area contributed by atoms with E-state index < -0.39 is 24.4 Å². The fourth-order valence-electron chi connectivity index (χ4n) is 2.34. The standard InChI is InChI=1S/C12H15F2N3O/c13-9-2-1-3-10(11(9)14)17(12(15)18)8-4-6-16-7-5-8/h4-7,9-11H,1-3H2,(H2,15,18). The maximum absolute atomic E-state index is 13.9. The Balaban J connectivity index is 2.28. The Hall–Kier alpha value is -1.72. The van der Waals surface area contributed by atoms with Crippen molar-refractivity contribution in [2.24, 2.45) is 5.73 Å². The summed E-state index contributed by atoms with van der Waals surface area (Å²) in [6, 6.07) is 1.50. The van der Waals surface area contributed by atoms with Gasteiger partial charge in [0.05, 0.1) is 6.04 Å². The van der Waals surface area contributed by atoms with Crippen LogP contribution in [0.1, 0.15) is 19.3 Å². The Kier molecular flexibility index (Phi) is 3.74. The van der Waals surface area contributed by atoms with E-state index in [-0.39, 0.29) is 6.42 Å². The third-order valence-electron chi connectivity index (χ3n) is 3.20. The van der Waals surface area contributed by atoms with Crippen molar-refractivity contribution in [1.29, 1.82) is 0 Å². The SMILES string of the molecule is NC(=O)N(c1ccncc1)C1CCCC(F)C1F. The van der Waals surface area contributed by atoms with Gasteiger partial charge in [-0.05, 0) is 31.4 Å². The Morgan fingerprint density at radius 2 is 2.00 bits per heavy atom. The number of amides is 2. The fourth-order valence-corrected chi connectivity index (χ4v) is 2.34. The lowest BCUT2D eigenvalue weighted by atomic mass is 9.90. The molecule has 0 aliphatic heterocycles. The molecule has 0 spiro atoms. The summed E-state index contributed by atoms with van der Waals surface area (Å²) in [5.74, 6) is 0. The van der Waals surface area contributed by atoms with Gasteiger partial charge in [0.2, 0.25) is 0 Å². The van der Waals surface area contributed by atoms with Crippen LogP contribution in [0.5, 0.6) is 0 Å². The summed E-state index contributed by atoms with van der Waals surface area (Å²) in [4.78, 5) is 16.4. The zero-order valence-electron chi connectivity index (χ0n) is 9.80. The lowest BCUT2D eigenvalue weighted by Crippen LogP contribution is -2.52. The van der Waals surface area contributed by atoms with Crippen LogP contribution in [0, 0.1) is 0 Å². The number of pyridine rings is 1. The van der Waals surface area contributed by atoms with E-state index >= 15 is 0 Å². The Morgan fingerprint density at radius 1 is 1.33 bits per heavy atom. The zero-order valence-corrected chi connectivity index (χ0v) is 9.80. The van der Waals surface area contributed by atoms with Crippen molar-refractivity contribution in [3.05, 3.63) is 24.5 Å². The molecule has 1 aliphatic carbocycles. The minimum absolute atomic E-state index is 0.195. The number of nitrogens with two attached hydrogens (primary N) is 1. The van der Waals surface area contributed by atoms with Crippen LogP contribution in [0.15, 0.2) is 24.5 Å². The summed E-state index contributed by atoms with van der Waals surface area (Å²) in [6.45, 7) is 0. The molecule has 1 aromatic heterocycles. The second kappa shape index (κ2) is 5.29. The highest BCUT2D eigenvalue weighted by molar-refractivity contribution is 5.91. The molecule has 1 heterocycles. The minimum Gasteiger partial charge on any atom is -0.351 e. The number of urea groups is 1. The summed E-state index contributed by atoms with van der Waals surface area (Å²) >= 11 is 0. The zero-order chi connectivity index (χ0) is 13.1. The van der Waals surface area contributed by atoms with Gasteiger partial charge in [-0.1, -0.05) is 0 Å². The first kappa shape index (κ1) is 12.7. The number of primary amides is 1. The molecule has 1 aliphatic rings. The summed E-state index contributed by atoms with van der Waals surface area (Å²) in [5.41, 5.74) is 5.73. The molecule has 1 saturated carbocycles. The lowest BCUT2D eigenvalue weighted by molar-refractivity contribution is 0.0991. The average molecular weight is 255 g/mol. The lowest BCUT2D eigenvalue weighted by Gasteiger charge is -2.36. The van der Waals surface area contributed by atoms with Crippen LogP contribution >= 0.6 is 0 Å². The first-order valence-electron chi connectivity index (χ1n) is 5.88. The van der Waals surface area contributed by atoms with Crippen LogP contribution in [-0.4, -0.2) is 29.4 Å². The summed E-state index contributed by atoms with van der Waals surface area (Å²) in [6.07, 6.45) is 0.878. The highest BCUT2D eigenvalue weighted by Gasteiger charge is 2.39. The van der Waals surface area contributed by atoms with Crippen molar-refractivity contribution < 1.29 is 13.6 Å². The molecule has 0 aromatic carbocycles. The second-order valence-corrected chi connectivity index (χ2v) is 4.37. The van der Waals surface area contributed by atoms with Crippen LogP contribution < -0.4 is 10.6 Å². The van der Waals surface area contributed by atoms with Crippen LogP contribution in [0.3, 0.4) is 0 Å². The predicted octanol–water partition coefficient (Wildman–Crippen LogP) is 2.20. The normalized spacial score (nSPS) is 27.8. The minimum atomic E-state index is -1.69. The van der Waals surface area contributed by atoms with Crippen LogP contribution in [0.4, 0.5) is 19.3 Å². The first-order chi connectivity index (χ1) is 8.61. The molecule has 4 nitrogen and oxygen atoms in total. The predicted molar refractivity (Wildman–Crippen MR) is 63.7 cm³/mol. The topological polar surface area (TPSA) is 59.2 Å². The van der Waals surface area contributed by atoms with E-state index in [1.807, 2.05) is 0 Å². The Bertz CT molecular complexity index is 415. The van der Waals surface area contributed by atoms with Gasteiger partial charge in [0.15, 0.2) is 6.17 Å². The number of nitrogens with zero attached hydrogens (tertiary/aromatic N) is 2. The number of halogens is 2. The largest absolute Gasteiger partial charge is 0.351 e. The maximum atomic E-state index is 13.9.